The monoisotopic (exact) mass is 679 g/mol. The average molecular weight is 680 g/mol. The molecule has 0 saturated carbocycles. The van der Waals surface area contributed by atoms with E-state index in [0.717, 1.165) is 12.0 Å². The maximum absolute atomic E-state index is 13.8. The number of carbonyl (C=O) groups is 2. The highest BCUT2D eigenvalue weighted by Crippen LogP contribution is 2.46. The standard InChI is InChI=1S/C33H30ClN3O7S2/c1-3-13-42-23-11-7-20(16-25(23)41-4-2)28-27(29(38)21-8-12-24-26(17-21)44-15-14-43-24)30(39)31(40)37(28)32-35-36-33(46-32)45-18-19-5-9-22(34)10-6-19/h5-12,16-17,28,38H,3-4,13-15,18H2,1-2H3/b29-27+. The predicted octanol–water partition coefficient (Wildman–Crippen LogP) is 7.07. The summed E-state index contributed by atoms with van der Waals surface area (Å²) < 4.78 is 23.7. The number of thioether (sulfide) groups is 1. The highest BCUT2D eigenvalue weighted by atomic mass is 35.5. The van der Waals surface area contributed by atoms with Gasteiger partial charge in [0, 0.05) is 16.3 Å². The van der Waals surface area contributed by atoms with Crippen molar-refractivity contribution in [2.24, 2.45) is 0 Å². The molecule has 238 valence electrons. The second-order valence-electron chi connectivity index (χ2n) is 10.3. The summed E-state index contributed by atoms with van der Waals surface area (Å²) in [6, 6.07) is 16.6. The van der Waals surface area contributed by atoms with Gasteiger partial charge in [-0.2, -0.15) is 0 Å². The molecule has 0 spiro atoms. The van der Waals surface area contributed by atoms with Crippen molar-refractivity contribution in [3.05, 3.63) is 87.9 Å². The van der Waals surface area contributed by atoms with Gasteiger partial charge in [0.25, 0.3) is 5.78 Å². The van der Waals surface area contributed by atoms with Gasteiger partial charge in [0.15, 0.2) is 27.3 Å². The Hall–Kier alpha value is -4.26. The zero-order valence-electron chi connectivity index (χ0n) is 25.0. The van der Waals surface area contributed by atoms with Gasteiger partial charge in [-0.3, -0.25) is 14.5 Å². The minimum atomic E-state index is -1.03. The number of benzene rings is 3. The van der Waals surface area contributed by atoms with Crippen LogP contribution in [0.4, 0.5) is 5.13 Å². The molecule has 3 aromatic carbocycles. The van der Waals surface area contributed by atoms with E-state index >= 15 is 0 Å². The number of anilines is 1. The largest absolute Gasteiger partial charge is 0.507 e. The molecule has 2 aliphatic heterocycles. The fraction of sp³-hybridized carbons (Fsp3) is 0.273. The fourth-order valence-electron chi connectivity index (χ4n) is 5.07. The van der Waals surface area contributed by atoms with E-state index in [1.807, 2.05) is 38.1 Å². The normalized spacial score (nSPS) is 16.9. The molecule has 13 heteroatoms. The molecule has 46 heavy (non-hydrogen) atoms. The van der Waals surface area contributed by atoms with E-state index in [-0.39, 0.29) is 16.5 Å². The van der Waals surface area contributed by atoms with Gasteiger partial charge in [-0.1, -0.05) is 59.8 Å². The molecule has 0 bridgehead atoms. The molecule has 0 aliphatic carbocycles. The molecule has 1 N–H and O–H groups in total. The van der Waals surface area contributed by atoms with Gasteiger partial charge in [-0.15, -0.1) is 10.2 Å². The van der Waals surface area contributed by atoms with E-state index < -0.39 is 17.7 Å². The number of fused-ring (bicyclic) bond motifs is 1. The molecule has 1 atom stereocenters. The molecule has 1 aromatic heterocycles. The zero-order valence-corrected chi connectivity index (χ0v) is 27.4. The van der Waals surface area contributed by atoms with E-state index in [0.29, 0.717) is 75.7 Å². The first-order valence-electron chi connectivity index (χ1n) is 14.7. The highest BCUT2D eigenvalue weighted by molar-refractivity contribution is 8.00. The molecule has 6 rings (SSSR count). The molecule has 1 fully saturated rings. The van der Waals surface area contributed by atoms with Gasteiger partial charge >= 0.3 is 5.91 Å². The second kappa shape index (κ2) is 14.0. The maximum Gasteiger partial charge on any atom is 0.301 e. The summed E-state index contributed by atoms with van der Waals surface area (Å²) >= 11 is 8.65. The molecule has 1 unspecified atom stereocenters. The number of ether oxygens (including phenoxy) is 4. The molecule has 1 saturated heterocycles. The summed E-state index contributed by atoms with van der Waals surface area (Å²) in [5.74, 6) is 0.516. The number of aliphatic hydroxyl groups excluding tert-OH is 1. The van der Waals surface area contributed by atoms with Crippen LogP contribution < -0.4 is 23.8 Å². The second-order valence-corrected chi connectivity index (χ2v) is 12.9. The molecular formula is C33H30ClN3O7S2. The summed E-state index contributed by atoms with van der Waals surface area (Å²) in [5.41, 5.74) is 1.77. The minimum absolute atomic E-state index is 0.100. The van der Waals surface area contributed by atoms with Crippen molar-refractivity contribution in [2.75, 3.05) is 31.3 Å². The third kappa shape index (κ3) is 6.51. The van der Waals surface area contributed by atoms with Crippen LogP contribution in [0.25, 0.3) is 5.76 Å². The lowest BCUT2D eigenvalue weighted by molar-refractivity contribution is -0.132. The van der Waals surface area contributed by atoms with Crippen molar-refractivity contribution in [3.8, 4) is 23.0 Å². The van der Waals surface area contributed by atoms with Crippen LogP contribution in [0, 0.1) is 0 Å². The van der Waals surface area contributed by atoms with Gasteiger partial charge in [0.2, 0.25) is 5.13 Å². The molecular weight excluding hydrogens is 650 g/mol. The third-order valence-corrected chi connectivity index (χ3v) is 9.56. The van der Waals surface area contributed by atoms with Crippen LogP contribution in [0.5, 0.6) is 23.0 Å². The van der Waals surface area contributed by atoms with Crippen LogP contribution in [0.2, 0.25) is 5.02 Å². The number of ketones is 1. The van der Waals surface area contributed by atoms with Crippen LogP contribution in [0.3, 0.4) is 0 Å². The van der Waals surface area contributed by atoms with E-state index in [2.05, 4.69) is 10.2 Å². The summed E-state index contributed by atoms with van der Waals surface area (Å²) in [6.45, 7) is 5.48. The van der Waals surface area contributed by atoms with Crippen LogP contribution >= 0.6 is 34.7 Å². The first-order valence-corrected chi connectivity index (χ1v) is 16.9. The Bertz CT molecular complexity index is 1790. The lowest BCUT2D eigenvalue weighted by Gasteiger charge is -2.24. The summed E-state index contributed by atoms with van der Waals surface area (Å²) in [7, 11) is 0. The molecule has 0 radical (unpaired) electrons. The summed E-state index contributed by atoms with van der Waals surface area (Å²) in [6.07, 6.45) is 0.804. The lowest BCUT2D eigenvalue weighted by atomic mass is 9.95. The Morgan fingerprint density at radius 3 is 2.54 bits per heavy atom. The van der Waals surface area contributed by atoms with E-state index in [1.54, 1.807) is 36.4 Å². The van der Waals surface area contributed by atoms with Crippen molar-refractivity contribution >= 4 is 57.3 Å². The number of rotatable bonds is 11. The SMILES string of the molecule is CCCOc1ccc(C2/C(=C(\O)c3ccc4c(c3)OCCO4)C(=O)C(=O)N2c2nnc(SCc3ccc(Cl)cc3)s2)cc1OCC. The average Bonchev–Trinajstić information content (AvgIpc) is 3.65. The van der Waals surface area contributed by atoms with Crippen molar-refractivity contribution in [2.45, 2.75) is 36.4 Å². The van der Waals surface area contributed by atoms with Crippen molar-refractivity contribution in [3.63, 3.8) is 0 Å². The Morgan fingerprint density at radius 1 is 1.00 bits per heavy atom. The van der Waals surface area contributed by atoms with E-state index in [4.69, 9.17) is 30.5 Å². The number of nitrogens with zero attached hydrogens (tertiary/aromatic N) is 3. The Morgan fingerprint density at radius 2 is 1.78 bits per heavy atom. The zero-order chi connectivity index (χ0) is 32.2. The van der Waals surface area contributed by atoms with Crippen LogP contribution in [-0.2, 0) is 15.3 Å². The van der Waals surface area contributed by atoms with Crippen LogP contribution in [-0.4, -0.2) is 53.4 Å². The third-order valence-electron chi connectivity index (χ3n) is 7.18. The Balaban J connectivity index is 1.42. The van der Waals surface area contributed by atoms with Gasteiger partial charge in [-0.05, 0) is 66.9 Å². The lowest BCUT2D eigenvalue weighted by Crippen LogP contribution is -2.29. The molecule has 3 heterocycles. The first kappa shape index (κ1) is 31.7. The number of hydrogen-bond acceptors (Lipinski definition) is 11. The number of halogens is 1. The maximum atomic E-state index is 13.8. The van der Waals surface area contributed by atoms with E-state index in [1.165, 1.54) is 28.0 Å². The fourth-order valence-corrected chi connectivity index (χ4v) is 7.02. The topological polar surface area (TPSA) is 120 Å². The number of aliphatic hydroxyl groups is 1. The van der Waals surface area contributed by atoms with Crippen LogP contribution in [0.15, 0.2) is 70.6 Å². The number of amides is 1. The number of carbonyl (C=O) groups excluding carboxylic acids is 2. The highest BCUT2D eigenvalue weighted by Gasteiger charge is 2.48. The number of Topliss-reactive ketones (excluding diaryl/α,β-unsaturated/α-hetero) is 1. The van der Waals surface area contributed by atoms with Gasteiger partial charge in [-0.25, -0.2) is 0 Å². The Kier molecular flexibility index (Phi) is 9.67. The molecule has 1 amide bonds. The van der Waals surface area contributed by atoms with Crippen molar-refractivity contribution in [1.29, 1.82) is 0 Å². The molecule has 2 aliphatic rings. The Labute approximate surface area is 278 Å². The van der Waals surface area contributed by atoms with Gasteiger partial charge < -0.3 is 24.1 Å². The number of aromatic nitrogens is 2. The number of hydrogen-bond donors (Lipinski definition) is 1. The van der Waals surface area contributed by atoms with Gasteiger partial charge in [0.1, 0.15) is 19.0 Å². The van der Waals surface area contributed by atoms with Crippen molar-refractivity contribution < 1.29 is 33.6 Å². The smallest absolute Gasteiger partial charge is 0.301 e. The van der Waals surface area contributed by atoms with Crippen LogP contribution in [0.1, 0.15) is 43.0 Å². The molecule has 4 aromatic rings. The van der Waals surface area contributed by atoms with Crippen molar-refractivity contribution in [1.82, 2.24) is 10.2 Å². The summed E-state index contributed by atoms with van der Waals surface area (Å²) in [5, 5.41) is 21.1. The first-order chi connectivity index (χ1) is 22.4. The summed E-state index contributed by atoms with van der Waals surface area (Å²) in [4.78, 5) is 28.8. The van der Waals surface area contributed by atoms with Gasteiger partial charge in [0.05, 0.1) is 24.8 Å². The molecule has 10 nitrogen and oxygen atoms in total. The van der Waals surface area contributed by atoms with E-state index in [9.17, 15) is 14.7 Å². The minimum Gasteiger partial charge on any atom is -0.507 e. The predicted molar refractivity (Wildman–Crippen MR) is 177 cm³/mol. The quantitative estimate of drug-likeness (QED) is 0.0579.